The Balaban J connectivity index is 1.70. The molecule has 0 radical (unpaired) electrons. The van der Waals surface area contributed by atoms with Crippen LogP contribution in [0.1, 0.15) is 23.6 Å². The summed E-state index contributed by atoms with van der Waals surface area (Å²) in [7, 11) is 0. The van der Waals surface area contributed by atoms with Gasteiger partial charge in [-0.3, -0.25) is 5.01 Å². The number of benzene rings is 2. The van der Waals surface area contributed by atoms with Crippen LogP contribution < -0.4 is 4.74 Å². The normalized spacial score (nSPS) is 19.9. The van der Waals surface area contributed by atoms with Gasteiger partial charge in [-0.25, -0.2) is 0 Å². The molecule has 0 fully saturated rings. The number of rotatable bonds is 1. The van der Waals surface area contributed by atoms with Gasteiger partial charge in [0.15, 0.2) is 6.73 Å². The average Bonchev–Trinajstić information content (AvgIpc) is 2.93. The summed E-state index contributed by atoms with van der Waals surface area (Å²) >= 11 is 3.54. The standard InChI is InChI=1S/C16H13BrN2O/c17-12-6-7-16-13(8-12)15-9-14(18-19(15)10-20-16)11-4-2-1-3-5-11/h1-8,15H,9-10H2/t15-/m1/s1. The maximum Gasteiger partial charge on any atom is 0.177 e. The number of halogens is 1. The second-order valence-corrected chi connectivity index (χ2v) is 5.94. The Hall–Kier alpha value is -1.81. The topological polar surface area (TPSA) is 24.8 Å². The number of ether oxygens (including phenoxy) is 1. The zero-order valence-electron chi connectivity index (χ0n) is 10.8. The van der Waals surface area contributed by atoms with Gasteiger partial charge in [-0.15, -0.1) is 0 Å². The zero-order valence-corrected chi connectivity index (χ0v) is 12.4. The minimum Gasteiger partial charge on any atom is -0.471 e. The van der Waals surface area contributed by atoms with Crippen molar-refractivity contribution in [2.24, 2.45) is 5.10 Å². The van der Waals surface area contributed by atoms with E-state index in [1.54, 1.807) is 0 Å². The van der Waals surface area contributed by atoms with E-state index in [2.05, 4.69) is 46.3 Å². The van der Waals surface area contributed by atoms with Crippen molar-refractivity contribution >= 4 is 21.6 Å². The van der Waals surface area contributed by atoms with E-state index in [0.29, 0.717) is 6.73 Å². The first-order valence-corrected chi connectivity index (χ1v) is 7.42. The summed E-state index contributed by atoms with van der Waals surface area (Å²) in [5, 5.41) is 6.76. The van der Waals surface area contributed by atoms with Crippen molar-refractivity contribution in [3.63, 3.8) is 0 Å². The predicted molar refractivity (Wildman–Crippen MR) is 81.8 cm³/mol. The lowest BCUT2D eigenvalue weighted by atomic mass is 9.97. The lowest BCUT2D eigenvalue weighted by Gasteiger charge is -2.30. The Bertz CT molecular complexity index is 684. The van der Waals surface area contributed by atoms with Crippen LogP contribution in [-0.4, -0.2) is 17.5 Å². The summed E-state index contributed by atoms with van der Waals surface area (Å²) in [4.78, 5) is 0. The third-order valence-corrected chi connectivity index (χ3v) is 4.28. The fourth-order valence-electron chi connectivity index (χ4n) is 2.80. The van der Waals surface area contributed by atoms with Crippen molar-refractivity contribution in [3.05, 3.63) is 64.1 Å². The molecular weight excluding hydrogens is 316 g/mol. The molecule has 0 aromatic heterocycles. The second-order valence-electron chi connectivity index (χ2n) is 5.03. The molecule has 4 rings (SSSR count). The lowest BCUT2D eigenvalue weighted by molar-refractivity contribution is 0.0749. The molecular formula is C16H13BrN2O. The first-order chi connectivity index (χ1) is 9.81. The van der Waals surface area contributed by atoms with Crippen LogP contribution in [0.5, 0.6) is 5.75 Å². The van der Waals surface area contributed by atoms with Crippen LogP contribution in [-0.2, 0) is 0 Å². The zero-order chi connectivity index (χ0) is 13.5. The summed E-state index contributed by atoms with van der Waals surface area (Å²) in [6, 6.07) is 16.8. The molecule has 0 amide bonds. The molecule has 2 aromatic carbocycles. The van der Waals surface area contributed by atoms with Crippen molar-refractivity contribution < 1.29 is 4.74 Å². The van der Waals surface area contributed by atoms with E-state index in [0.717, 1.165) is 22.4 Å². The molecule has 2 aliphatic rings. The van der Waals surface area contributed by atoms with Crippen molar-refractivity contribution in [3.8, 4) is 5.75 Å². The van der Waals surface area contributed by atoms with Gasteiger partial charge < -0.3 is 4.74 Å². The fraction of sp³-hybridized carbons (Fsp3) is 0.188. The van der Waals surface area contributed by atoms with Crippen LogP contribution in [0.25, 0.3) is 0 Å². The highest BCUT2D eigenvalue weighted by molar-refractivity contribution is 9.10. The molecule has 0 spiro atoms. The van der Waals surface area contributed by atoms with Gasteiger partial charge in [0, 0.05) is 16.5 Å². The number of hydrogen-bond acceptors (Lipinski definition) is 3. The Morgan fingerprint density at radius 3 is 2.85 bits per heavy atom. The summed E-state index contributed by atoms with van der Waals surface area (Å²) in [6.45, 7) is 0.523. The highest BCUT2D eigenvalue weighted by atomic mass is 79.9. The highest BCUT2D eigenvalue weighted by Crippen LogP contribution is 2.41. The number of hydrogen-bond donors (Lipinski definition) is 0. The molecule has 0 bridgehead atoms. The van der Waals surface area contributed by atoms with Crippen LogP contribution in [0.3, 0.4) is 0 Å². The summed E-state index contributed by atoms with van der Waals surface area (Å²) < 4.78 is 6.85. The fourth-order valence-corrected chi connectivity index (χ4v) is 3.18. The van der Waals surface area contributed by atoms with Crippen molar-refractivity contribution in [2.45, 2.75) is 12.5 Å². The van der Waals surface area contributed by atoms with Crippen LogP contribution in [0.2, 0.25) is 0 Å². The average molecular weight is 329 g/mol. The number of hydrazone groups is 1. The molecule has 0 N–H and O–H groups in total. The van der Waals surface area contributed by atoms with Crippen molar-refractivity contribution in [1.29, 1.82) is 0 Å². The molecule has 2 heterocycles. The maximum absolute atomic E-state index is 5.77. The molecule has 20 heavy (non-hydrogen) atoms. The first-order valence-electron chi connectivity index (χ1n) is 6.63. The number of fused-ring (bicyclic) bond motifs is 3. The monoisotopic (exact) mass is 328 g/mol. The van der Waals surface area contributed by atoms with Crippen LogP contribution in [0.15, 0.2) is 58.1 Å². The Morgan fingerprint density at radius 2 is 2.00 bits per heavy atom. The molecule has 4 heteroatoms. The predicted octanol–water partition coefficient (Wildman–Crippen LogP) is 3.95. The van der Waals surface area contributed by atoms with E-state index in [9.17, 15) is 0 Å². The van der Waals surface area contributed by atoms with E-state index in [4.69, 9.17) is 9.84 Å². The van der Waals surface area contributed by atoms with Gasteiger partial charge in [-0.1, -0.05) is 46.3 Å². The van der Waals surface area contributed by atoms with Gasteiger partial charge in [0.05, 0.1) is 11.8 Å². The quantitative estimate of drug-likeness (QED) is 0.791. The van der Waals surface area contributed by atoms with E-state index < -0.39 is 0 Å². The van der Waals surface area contributed by atoms with Gasteiger partial charge in [0.1, 0.15) is 5.75 Å². The van der Waals surface area contributed by atoms with Crippen molar-refractivity contribution in [2.75, 3.05) is 6.73 Å². The largest absolute Gasteiger partial charge is 0.471 e. The highest BCUT2D eigenvalue weighted by Gasteiger charge is 2.34. The Morgan fingerprint density at radius 1 is 1.15 bits per heavy atom. The molecule has 0 aliphatic carbocycles. The lowest BCUT2D eigenvalue weighted by Crippen LogP contribution is -2.29. The van der Waals surface area contributed by atoms with E-state index in [1.165, 1.54) is 11.1 Å². The van der Waals surface area contributed by atoms with Crippen LogP contribution in [0.4, 0.5) is 0 Å². The second kappa shape index (κ2) is 4.63. The molecule has 1 atom stereocenters. The molecule has 2 aromatic rings. The van der Waals surface area contributed by atoms with Crippen molar-refractivity contribution in [1.82, 2.24) is 5.01 Å². The first kappa shape index (κ1) is 12.0. The van der Waals surface area contributed by atoms with Gasteiger partial charge in [0.2, 0.25) is 0 Å². The van der Waals surface area contributed by atoms with E-state index in [1.807, 2.05) is 23.2 Å². The number of nitrogens with zero attached hydrogens (tertiary/aromatic N) is 2. The van der Waals surface area contributed by atoms with Crippen LogP contribution in [0, 0.1) is 0 Å². The minimum atomic E-state index is 0.284. The molecule has 0 saturated heterocycles. The van der Waals surface area contributed by atoms with Gasteiger partial charge in [-0.2, -0.15) is 5.10 Å². The molecule has 100 valence electrons. The summed E-state index contributed by atoms with van der Waals surface area (Å²) in [6.07, 6.45) is 0.927. The molecule has 0 saturated carbocycles. The van der Waals surface area contributed by atoms with Crippen LogP contribution >= 0.6 is 15.9 Å². The summed E-state index contributed by atoms with van der Waals surface area (Å²) in [5.74, 6) is 0.971. The van der Waals surface area contributed by atoms with Gasteiger partial charge in [0.25, 0.3) is 0 Å². The van der Waals surface area contributed by atoms with E-state index >= 15 is 0 Å². The minimum absolute atomic E-state index is 0.284. The van der Waals surface area contributed by atoms with E-state index in [-0.39, 0.29) is 6.04 Å². The van der Waals surface area contributed by atoms with Gasteiger partial charge >= 0.3 is 0 Å². The summed E-state index contributed by atoms with van der Waals surface area (Å²) in [5.41, 5.74) is 3.53. The molecule has 0 unspecified atom stereocenters. The third kappa shape index (κ3) is 1.91. The third-order valence-electron chi connectivity index (χ3n) is 3.79. The Kier molecular flexibility index (Phi) is 2.77. The Labute approximate surface area is 126 Å². The van der Waals surface area contributed by atoms with Gasteiger partial charge in [-0.05, 0) is 23.8 Å². The molecule has 3 nitrogen and oxygen atoms in total. The SMILES string of the molecule is Brc1ccc2c(c1)[C@H]1CC(c3ccccc3)=NN1CO2. The molecule has 2 aliphatic heterocycles. The smallest absolute Gasteiger partial charge is 0.177 e. The maximum atomic E-state index is 5.77.